The van der Waals surface area contributed by atoms with Crippen molar-refractivity contribution < 1.29 is 23.8 Å². The summed E-state index contributed by atoms with van der Waals surface area (Å²) in [4.78, 5) is 30.3. The second kappa shape index (κ2) is 11.1. The molecular formula is C26H32N4O5. The smallest absolute Gasteiger partial charge is 0.338 e. The summed E-state index contributed by atoms with van der Waals surface area (Å²) >= 11 is 0. The Morgan fingerprint density at radius 2 is 1.80 bits per heavy atom. The lowest BCUT2D eigenvalue weighted by atomic mass is 9.94. The number of rotatable bonds is 8. The van der Waals surface area contributed by atoms with Gasteiger partial charge < -0.3 is 29.7 Å². The zero-order chi connectivity index (χ0) is 24.8. The quantitative estimate of drug-likeness (QED) is 0.562. The maximum atomic E-state index is 13.1. The Morgan fingerprint density at radius 1 is 1.03 bits per heavy atom. The molecule has 0 radical (unpaired) electrons. The van der Waals surface area contributed by atoms with Gasteiger partial charge in [0.05, 0.1) is 32.4 Å². The summed E-state index contributed by atoms with van der Waals surface area (Å²) in [5.74, 6) is 0.961. The van der Waals surface area contributed by atoms with Gasteiger partial charge in [-0.1, -0.05) is 24.3 Å². The first-order valence-electron chi connectivity index (χ1n) is 11.8. The first kappa shape index (κ1) is 24.4. The fraction of sp³-hybridized carbons (Fsp3) is 0.385. The number of carbonyl (C=O) groups is 2. The first-order chi connectivity index (χ1) is 17.0. The number of piperazine rings is 1. The molecule has 2 aliphatic heterocycles. The Kier molecular flexibility index (Phi) is 7.77. The van der Waals surface area contributed by atoms with Crippen LogP contribution >= 0.6 is 0 Å². The van der Waals surface area contributed by atoms with Gasteiger partial charge in [0.25, 0.3) is 0 Å². The van der Waals surface area contributed by atoms with Crippen LogP contribution in [0.15, 0.2) is 59.8 Å². The number of carbonyl (C=O) groups excluding carboxylic acids is 2. The van der Waals surface area contributed by atoms with Crippen molar-refractivity contribution in [2.24, 2.45) is 0 Å². The normalized spacial score (nSPS) is 18.5. The summed E-state index contributed by atoms with van der Waals surface area (Å²) in [7, 11) is 3.23. The third-order valence-electron chi connectivity index (χ3n) is 6.27. The number of hydrogen-bond acceptors (Lipinski definition) is 7. The maximum absolute atomic E-state index is 13.1. The maximum Gasteiger partial charge on any atom is 0.338 e. The highest BCUT2D eigenvalue weighted by Gasteiger charge is 2.36. The van der Waals surface area contributed by atoms with E-state index >= 15 is 0 Å². The Hall–Kier alpha value is -3.72. The monoisotopic (exact) mass is 480 g/mol. The van der Waals surface area contributed by atoms with Crippen LogP contribution in [0.4, 0.5) is 10.5 Å². The highest BCUT2D eigenvalue weighted by atomic mass is 16.5. The van der Waals surface area contributed by atoms with Crippen LogP contribution in [0.5, 0.6) is 11.5 Å². The molecule has 9 heteroatoms. The predicted octanol–water partition coefficient (Wildman–Crippen LogP) is 2.70. The molecule has 1 atom stereocenters. The highest BCUT2D eigenvalue weighted by molar-refractivity contribution is 5.95. The number of ether oxygens (including phenoxy) is 3. The van der Waals surface area contributed by atoms with Gasteiger partial charge in [0.15, 0.2) is 0 Å². The van der Waals surface area contributed by atoms with Crippen molar-refractivity contribution in [3.63, 3.8) is 0 Å². The van der Waals surface area contributed by atoms with Crippen molar-refractivity contribution >= 4 is 17.7 Å². The van der Waals surface area contributed by atoms with Crippen molar-refractivity contribution in [3.8, 4) is 11.5 Å². The van der Waals surface area contributed by atoms with Crippen molar-refractivity contribution in [2.45, 2.75) is 13.0 Å². The first-order valence-corrected chi connectivity index (χ1v) is 11.8. The molecule has 9 nitrogen and oxygen atoms in total. The summed E-state index contributed by atoms with van der Waals surface area (Å²) in [6, 6.07) is 14.3. The molecule has 2 heterocycles. The van der Waals surface area contributed by atoms with Crippen LogP contribution in [0.25, 0.3) is 0 Å². The molecule has 0 aromatic heterocycles. The summed E-state index contributed by atoms with van der Waals surface area (Å²) in [6.07, 6.45) is 0. The van der Waals surface area contributed by atoms with E-state index in [-0.39, 0.29) is 12.6 Å². The fourth-order valence-corrected chi connectivity index (χ4v) is 4.53. The van der Waals surface area contributed by atoms with Crippen molar-refractivity contribution in [1.29, 1.82) is 0 Å². The van der Waals surface area contributed by atoms with Crippen molar-refractivity contribution in [1.82, 2.24) is 15.5 Å². The molecule has 0 saturated carbocycles. The lowest BCUT2D eigenvalue weighted by Gasteiger charge is -2.38. The van der Waals surface area contributed by atoms with E-state index in [0.29, 0.717) is 29.1 Å². The van der Waals surface area contributed by atoms with E-state index in [1.807, 2.05) is 42.5 Å². The van der Waals surface area contributed by atoms with E-state index in [2.05, 4.69) is 26.5 Å². The van der Waals surface area contributed by atoms with Gasteiger partial charge in [-0.15, -0.1) is 0 Å². The van der Waals surface area contributed by atoms with E-state index in [1.165, 1.54) is 0 Å². The third-order valence-corrected chi connectivity index (χ3v) is 6.27. The minimum Gasteiger partial charge on any atom is -0.497 e. The number of anilines is 1. The number of amides is 2. The van der Waals surface area contributed by atoms with Crippen LogP contribution < -0.4 is 25.0 Å². The molecule has 4 rings (SSSR count). The highest BCUT2D eigenvalue weighted by Crippen LogP contribution is 2.34. The van der Waals surface area contributed by atoms with Crippen LogP contribution in [0.3, 0.4) is 0 Å². The molecule has 2 aliphatic rings. The Balaban J connectivity index is 1.57. The molecule has 0 bridgehead atoms. The third kappa shape index (κ3) is 5.51. The summed E-state index contributed by atoms with van der Waals surface area (Å²) in [5, 5.41) is 5.74. The van der Waals surface area contributed by atoms with Crippen molar-refractivity contribution in [2.75, 3.05) is 58.5 Å². The standard InChI is InChI=1S/C26H32N4O5/c1-4-35-25(31)23-21(27-26(32)28-24(23)20-10-5-6-11-22(20)34-3)17-29-12-14-30(15-13-29)18-8-7-9-19(16-18)33-2/h5-11,16,24H,4,12-15,17H2,1-3H3,(H2,27,28,32)/t24-/m1/s1. The Labute approximate surface area is 205 Å². The Bertz CT molecular complexity index is 1090. The van der Waals surface area contributed by atoms with Gasteiger partial charge in [-0.25, -0.2) is 9.59 Å². The second-order valence-corrected chi connectivity index (χ2v) is 8.35. The zero-order valence-electron chi connectivity index (χ0n) is 20.4. The van der Waals surface area contributed by atoms with Gasteiger partial charge in [-0.2, -0.15) is 0 Å². The van der Waals surface area contributed by atoms with Crippen LogP contribution in [0.1, 0.15) is 18.5 Å². The number of hydrogen-bond donors (Lipinski definition) is 2. The van der Waals surface area contributed by atoms with Crippen LogP contribution in [0.2, 0.25) is 0 Å². The molecule has 186 valence electrons. The van der Waals surface area contributed by atoms with Gasteiger partial charge >= 0.3 is 12.0 Å². The number of urea groups is 1. The van der Waals surface area contributed by atoms with Crippen molar-refractivity contribution in [3.05, 3.63) is 65.4 Å². The number of nitrogens with one attached hydrogen (secondary N) is 2. The number of nitrogens with zero attached hydrogens (tertiary/aromatic N) is 2. The largest absolute Gasteiger partial charge is 0.497 e. The average Bonchev–Trinajstić information content (AvgIpc) is 2.89. The predicted molar refractivity (Wildman–Crippen MR) is 133 cm³/mol. The molecule has 2 aromatic carbocycles. The van der Waals surface area contributed by atoms with E-state index < -0.39 is 12.0 Å². The lowest BCUT2D eigenvalue weighted by molar-refractivity contribution is -0.139. The van der Waals surface area contributed by atoms with E-state index in [4.69, 9.17) is 14.2 Å². The van der Waals surface area contributed by atoms with E-state index in [9.17, 15) is 9.59 Å². The van der Waals surface area contributed by atoms with Gasteiger partial charge in [0.2, 0.25) is 0 Å². The minimum atomic E-state index is -0.674. The molecular weight excluding hydrogens is 448 g/mol. The SMILES string of the molecule is CCOC(=O)C1=C(CN2CCN(c3cccc(OC)c3)CC2)NC(=O)N[C@@H]1c1ccccc1OC. The number of methoxy groups -OCH3 is 2. The van der Waals surface area contributed by atoms with Gasteiger partial charge in [-0.3, -0.25) is 4.90 Å². The number of para-hydroxylation sites is 1. The van der Waals surface area contributed by atoms with Gasteiger partial charge in [0.1, 0.15) is 11.5 Å². The topological polar surface area (TPSA) is 92.4 Å². The number of benzene rings is 2. The van der Waals surface area contributed by atoms with E-state index in [0.717, 1.165) is 37.6 Å². The second-order valence-electron chi connectivity index (χ2n) is 8.35. The summed E-state index contributed by atoms with van der Waals surface area (Å²) in [6.45, 7) is 5.62. The molecule has 0 spiro atoms. The molecule has 1 fully saturated rings. The Morgan fingerprint density at radius 3 is 2.51 bits per heavy atom. The summed E-state index contributed by atoms with van der Waals surface area (Å²) < 4.78 is 16.2. The zero-order valence-corrected chi connectivity index (χ0v) is 20.4. The molecule has 0 aliphatic carbocycles. The molecule has 2 amide bonds. The average molecular weight is 481 g/mol. The molecule has 0 unspecified atom stereocenters. The molecule has 2 aromatic rings. The van der Waals surface area contributed by atoms with Gasteiger partial charge in [-0.05, 0) is 25.1 Å². The molecule has 2 N–H and O–H groups in total. The van der Waals surface area contributed by atoms with E-state index in [1.54, 1.807) is 21.1 Å². The number of esters is 1. The minimum absolute atomic E-state index is 0.238. The van der Waals surface area contributed by atoms with Crippen LogP contribution in [-0.2, 0) is 9.53 Å². The molecule has 35 heavy (non-hydrogen) atoms. The lowest BCUT2D eigenvalue weighted by Crippen LogP contribution is -2.51. The fourth-order valence-electron chi connectivity index (χ4n) is 4.53. The van der Waals surface area contributed by atoms with Crippen LogP contribution in [0, 0.1) is 0 Å². The van der Waals surface area contributed by atoms with Gasteiger partial charge in [0, 0.05) is 55.7 Å². The van der Waals surface area contributed by atoms with Crippen LogP contribution in [-0.4, -0.2) is 70.5 Å². The summed E-state index contributed by atoms with van der Waals surface area (Å²) in [5.41, 5.74) is 2.76. The molecule has 1 saturated heterocycles.